The summed E-state index contributed by atoms with van der Waals surface area (Å²) in [5.41, 5.74) is 0.674. The minimum atomic E-state index is -0.0777. The van der Waals surface area contributed by atoms with E-state index in [2.05, 4.69) is 20.4 Å². The number of amides is 2. The Morgan fingerprint density at radius 2 is 2.25 bits per heavy atom. The van der Waals surface area contributed by atoms with E-state index >= 15 is 0 Å². The Morgan fingerprint density at radius 3 is 2.81 bits per heavy atom. The van der Waals surface area contributed by atoms with Crippen molar-refractivity contribution in [3.05, 3.63) is 18.5 Å². The van der Waals surface area contributed by atoms with Gasteiger partial charge in [0.15, 0.2) is 0 Å². The van der Waals surface area contributed by atoms with Gasteiger partial charge in [0, 0.05) is 19.1 Å². The molecular formula is C10H15N5O. The molecule has 1 fully saturated rings. The summed E-state index contributed by atoms with van der Waals surface area (Å²) in [7, 11) is 4.04. The Balaban J connectivity index is 1.83. The van der Waals surface area contributed by atoms with Crippen LogP contribution in [0.2, 0.25) is 0 Å². The third-order valence-corrected chi connectivity index (χ3v) is 2.72. The summed E-state index contributed by atoms with van der Waals surface area (Å²) < 4.78 is 0. The second kappa shape index (κ2) is 4.44. The molecule has 6 nitrogen and oxygen atoms in total. The minimum absolute atomic E-state index is 0.0777. The van der Waals surface area contributed by atoms with Crippen molar-refractivity contribution in [3.8, 4) is 0 Å². The number of carbonyl (C=O) groups excluding carboxylic acids is 1. The third kappa shape index (κ3) is 2.27. The van der Waals surface area contributed by atoms with Gasteiger partial charge in [-0.05, 0) is 20.2 Å². The monoisotopic (exact) mass is 221 g/mol. The average Bonchev–Trinajstić information content (AvgIpc) is 2.15. The summed E-state index contributed by atoms with van der Waals surface area (Å²) in [5.74, 6) is 0. The molecule has 0 aromatic carbocycles. The quantitative estimate of drug-likeness (QED) is 0.778. The molecule has 1 saturated heterocycles. The predicted molar refractivity (Wildman–Crippen MR) is 60.1 cm³/mol. The fourth-order valence-corrected chi connectivity index (χ4v) is 1.51. The number of hydrogen-bond donors (Lipinski definition) is 1. The van der Waals surface area contributed by atoms with E-state index in [1.165, 1.54) is 6.20 Å². The van der Waals surface area contributed by atoms with E-state index in [1.807, 2.05) is 14.1 Å². The van der Waals surface area contributed by atoms with Crippen LogP contribution in [-0.4, -0.2) is 59.3 Å². The van der Waals surface area contributed by atoms with Crippen molar-refractivity contribution in [1.29, 1.82) is 0 Å². The summed E-state index contributed by atoms with van der Waals surface area (Å²) in [4.78, 5) is 15.6. The van der Waals surface area contributed by atoms with Crippen LogP contribution in [0.5, 0.6) is 0 Å². The number of nitrogens with one attached hydrogen (secondary N) is 1. The van der Waals surface area contributed by atoms with E-state index in [-0.39, 0.29) is 6.03 Å². The van der Waals surface area contributed by atoms with Crippen LogP contribution in [0, 0.1) is 0 Å². The molecule has 1 aliphatic heterocycles. The van der Waals surface area contributed by atoms with Crippen molar-refractivity contribution < 1.29 is 4.79 Å². The SMILES string of the molecule is CN(C)C1CN(C(=O)Nc2ccnnc2)C1. The zero-order valence-corrected chi connectivity index (χ0v) is 9.42. The minimum Gasteiger partial charge on any atom is -0.321 e. The van der Waals surface area contributed by atoms with E-state index in [0.29, 0.717) is 11.7 Å². The van der Waals surface area contributed by atoms with Crippen LogP contribution in [0.1, 0.15) is 0 Å². The number of aromatic nitrogens is 2. The van der Waals surface area contributed by atoms with Gasteiger partial charge in [-0.15, -0.1) is 0 Å². The van der Waals surface area contributed by atoms with E-state index in [9.17, 15) is 4.79 Å². The summed E-state index contributed by atoms with van der Waals surface area (Å²) in [6.45, 7) is 1.55. The van der Waals surface area contributed by atoms with Crippen LogP contribution < -0.4 is 5.32 Å². The third-order valence-electron chi connectivity index (χ3n) is 2.72. The summed E-state index contributed by atoms with van der Waals surface area (Å²) in [5, 5.41) is 10.1. The molecule has 0 saturated carbocycles. The van der Waals surface area contributed by atoms with Gasteiger partial charge < -0.3 is 15.1 Å². The van der Waals surface area contributed by atoms with Crippen molar-refractivity contribution in [1.82, 2.24) is 20.0 Å². The van der Waals surface area contributed by atoms with E-state index in [0.717, 1.165) is 13.1 Å². The standard InChI is InChI=1S/C10H15N5O/c1-14(2)9-6-15(7-9)10(16)13-8-3-4-11-12-5-8/h3-5,9H,6-7H2,1-2H3,(H,11,13,16). The van der Waals surface area contributed by atoms with Gasteiger partial charge in [0.05, 0.1) is 18.1 Å². The van der Waals surface area contributed by atoms with Gasteiger partial charge in [-0.3, -0.25) is 0 Å². The maximum Gasteiger partial charge on any atom is 0.322 e. The molecule has 2 amide bonds. The molecular weight excluding hydrogens is 206 g/mol. The maximum atomic E-state index is 11.7. The molecule has 1 aromatic heterocycles. The number of hydrogen-bond acceptors (Lipinski definition) is 4. The van der Waals surface area contributed by atoms with Crippen LogP contribution in [0.25, 0.3) is 0 Å². The first-order valence-corrected chi connectivity index (χ1v) is 5.16. The van der Waals surface area contributed by atoms with Crippen molar-refractivity contribution >= 4 is 11.7 Å². The van der Waals surface area contributed by atoms with Crippen LogP contribution in [-0.2, 0) is 0 Å². The molecule has 1 aromatic rings. The normalized spacial score (nSPS) is 16.1. The lowest BCUT2D eigenvalue weighted by Gasteiger charge is -2.42. The smallest absolute Gasteiger partial charge is 0.321 e. The zero-order chi connectivity index (χ0) is 11.5. The van der Waals surface area contributed by atoms with Gasteiger partial charge in [-0.1, -0.05) is 0 Å². The van der Waals surface area contributed by atoms with Gasteiger partial charge in [-0.2, -0.15) is 10.2 Å². The average molecular weight is 221 g/mol. The second-order valence-electron chi connectivity index (χ2n) is 4.08. The number of urea groups is 1. The molecule has 1 N–H and O–H groups in total. The highest BCUT2D eigenvalue weighted by atomic mass is 16.2. The molecule has 2 heterocycles. The summed E-state index contributed by atoms with van der Waals surface area (Å²) in [6.07, 6.45) is 3.08. The Bertz CT molecular complexity index is 361. The van der Waals surface area contributed by atoms with Gasteiger partial charge in [0.1, 0.15) is 0 Å². The number of rotatable bonds is 2. The summed E-state index contributed by atoms with van der Waals surface area (Å²) >= 11 is 0. The molecule has 16 heavy (non-hydrogen) atoms. The predicted octanol–water partition coefficient (Wildman–Crippen LogP) is 0.254. The van der Waals surface area contributed by atoms with Gasteiger partial charge >= 0.3 is 6.03 Å². The first-order valence-electron chi connectivity index (χ1n) is 5.16. The Kier molecular flexibility index (Phi) is 3.00. The van der Waals surface area contributed by atoms with E-state index in [4.69, 9.17) is 0 Å². The molecule has 6 heteroatoms. The highest BCUT2D eigenvalue weighted by molar-refractivity contribution is 5.89. The Hall–Kier alpha value is -1.69. The number of nitrogens with zero attached hydrogens (tertiary/aromatic N) is 4. The fourth-order valence-electron chi connectivity index (χ4n) is 1.51. The van der Waals surface area contributed by atoms with E-state index in [1.54, 1.807) is 17.2 Å². The van der Waals surface area contributed by atoms with Crippen molar-refractivity contribution in [2.75, 3.05) is 32.5 Å². The Labute approximate surface area is 94.3 Å². The summed E-state index contributed by atoms with van der Waals surface area (Å²) in [6, 6.07) is 2.11. The number of likely N-dealkylation sites (N-methyl/N-ethyl adjacent to an activating group) is 1. The molecule has 0 radical (unpaired) electrons. The molecule has 0 aliphatic carbocycles. The zero-order valence-electron chi connectivity index (χ0n) is 9.42. The molecule has 0 atom stereocenters. The highest BCUT2D eigenvalue weighted by Crippen LogP contribution is 2.14. The Morgan fingerprint density at radius 1 is 1.50 bits per heavy atom. The molecule has 0 spiro atoms. The molecule has 1 aliphatic rings. The lowest BCUT2D eigenvalue weighted by Crippen LogP contribution is -2.60. The fraction of sp³-hybridized carbons (Fsp3) is 0.500. The first-order chi connectivity index (χ1) is 7.66. The topological polar surface area (TPSA) is 61.4 Å². The van der Waals surface area contributed by atoms with Crippen LogP contribution in [0.15, 0.2) is 18.5 Å². The largest absolute Gasteiger partial charge is 0.322 e. The molecule has 2 rings (SSSR count). The second-order valence-corrected chi connectivity index (χ2v) is 4.08. The van der Waals surface area contributed by atoms with Gasteiger partial charge in [0.2, 0.25) is 0 Å². The van der Waals surface area contributed by atoms with Crippen molar-refractivity contribution in [2.24, 2.45) is 0 Å². The number of anilines is 1. The first kappa shape index (κ1) is 10.8. The number of likely N-dealkylation sites (tertiary alicyclic amines) is 1. The van der Waals surface area contributed by atoms with Crippen molar-refractivity contribution in [2.45, 2.75) is 6.04 Å². The van der Waals surface area contributed by atoms with E-state index < -0.39 is 0 Å². The number of carbonyl (C=O) groups is 1. The van der Waals surface area contributed by atoms with Crippen LogP contribution >= 0.6 is 0 Å². The van der Waals surface area contributed by atoms with Crippen LogP contribution in [0.4, 0.5) is 10.5 Å². The lowest BCUT2D eigenvalue weighted by atomic mass is 10.1. The molecule has 0 bridgehead atoms. The van der Waals surface area contributed by atoms with Crippen LogP contribution in [0.3, 0.4) is 0 Å². The lowest BCUT2D eigenvalue weighted by molar-refractivity contribution is 0.0942. The van der Waals surface area contributed by atoms with Gasteiger partial charge in [0.25, 0.3) is 0 Å². The van der Waals surface area contributed by atoms with Gasteiger partial charge in [-0.25, -0.2) is 4.79 Å². The maximum absolute atomic E-state index is 11.7. The van der Waals surface area contributed by atoms with Crippen molar-refractivity contribution in [3.63, 3.8) is 0 Å². The highest BCUT2D eigenvalue weighted by Gasteiger charge is 2.31. The molecule has 86 valence electrons. The molecule has 0 unspecified atom stereocenters.